The monoisotopic (exact) mass is 578 g/mol. The highest BCUT2D eigenvalue weighted by atomic mass is 32.1. The van der Waals surface area contributed by atoms with Crippen LogP contribution in [0, 0.1) is 12.8 Å². The first kappa shape index (κ1) is 29.8. The average molecular weight is 579 g/mol. The third-order valence-corrected chi connectivity index (χ3v) is 7.61. The largest absolute Gasteiger partial charge is 0.507 e. The topological polar surface area (TPSA) is 115 Å². The van der Waals surface area contributed by atoms with Gasteiger partial charge >= 0.3 is 11.9 Å². The number of hydrogen-bond acceptors (Lipinski definition) is 9. The lowest BCUT2D eigenvalue weighted by Crippen LogP contribution is -2.29. The van der Waals surface area contributed by atoms with Crippen LogP contribution in [0.5, 0.6) is 11.5 Å². The van der Waals surface area contributed by atoms with E-state index in [9.17, 15) is 19.5 Å². The fourth-order valence-electron chi connectivity index (χ4n) is 4.34. The van der Waals surface area contributed by atoms with Gasteiger partial charge in [0, 0.05) is 5.56 Å². The number of aryl methyl sites for hydroxylation is 1. The summed E-state index contributed by atoms with van der Waals surface area (Å²) >= 11 is 0.967. The molecule has 1 unspecified atom stereocenters. The summed E-state index contributed by atoms with van der Waals surface area (Å²) in [6.45, 7) is 8.39. The summed E-state index contributed by atoms with van der Waals surface area (Å²) in [4.78, 5) is 45.7. The SMILES string of the molecule is CCCCOc1ccc(/C(O)=C2/C(=O)C(=O)N(c3nc(C)c(C(=O)OCC(C)C)s3)C2c2cccc(OC)c2)cc1. The number of aliphatic hydroxyl groups excluding tert-OH is 1. The van der Waals surface area contributed by atoms with Crippen molar-refractivity contribution < 1.29 is 33.7 Å². The van der Waals surface area contributed by atoms with Gasteiger partial charge in [-0.15, -0.1) is 0 Å². The van der Waals surface area contributed by atoms with Crippen molar-refractivity contribution in [2.45, 2.75) is 46.6 Å². The Bertz CT molecular complexity index is 1460. The molecule has 4 rings (SSSR count). The number of ether oxygens (including phenoxy) is 3. The molecule has 1 N–H and O–H groups in total. The predicted octanol–water partition coefficient (Wildman–Crippen LogP) is 6.08. The molecule has 3 aromatic rings. The lowest BCUT2D eigenvalue weighted by atomic mass is 9.95. The maximum atomic E-state index is 13.5. The van der Waals surface area contributed by atoms with Crippen molar-refractivity contribution in [2.24, 2.45) is 5.92 Å². The van der Waals surface area contributed by atoms with Gasteiger partial charge in [-0.25, -0.2) is 9.78 Å². The van der Waals surface area contributed by atoms with Crippen LogP contribution in [-0.2, 0) is 14.3 Å². The number of anilines is 1. The molecule has 1 aliphatic rings. The van der Waals surface area contributed by atoms with Crippen LogP contribution >= 0.6 is 11.3 Å². The number of amides is 1. The Balaban J connectivity index is 1.79. The van der Waals surface area contributed by atoms with Crippen LogP contribution in [0.3, 0.4) is 0 Å². The maximum Gasteiger partial charge on any atom is 0.350 e. The molecule has 0 bridgehead atoms. The molecule has 0 radical (unpaired) electrons. The summed E-state index contributed by atoms with van der Waals surface area (Å²) in [6.07, 6.45) is 1.92. The van der Waals surface area contributed by atoms with E-state index in [4.69, 9.17) is 14.2 Å². The van der Waals surface area contributed by atoms with Crippen molar-refractivity contribution in [2.75, 3.05) is 25.2 Å². The Hall–Kier alpha value is -4.18. The minimum absolute atomic E-state index is 0.0975. The second-order valence-electron chi connectivity index (χ2n) is 10.1. The number of carbonyl (C=O) groups is 3. The Morgan fingerprint density at radius 1 is 1.12 bits per heavy atom. The molecule has 1 aromatic heterocycles. The molecule has 9 nitrogen and oxygen atoms in total. The number of methoxy groups -OCH3 is 1. The van der Waals surface area contributed by atoms with E-state index in [0.717, 1.165) is 24.2 Å². The van der Waals surface area contributed by atoms with E-state index in [-0.39, 0.29) is 33.9 Å². The summed E-state index contributed by atoms with van der Waals surface area (Å²) < 4.78 is 16.5. The second-order valence-corrected chi connectivity index (χ2v) is 11.1. The van der Waals surface area contributed by atoms with E-state index in [2.05, 4.69) is 11.9 Å². The van der Waals surface area contributed by atoms with E-state index < -0.39 is 23.7 Å². The Labute approximate surface area is 243 Å². The highest BCUT2D eigenvalue weighted by Gasteiger charge is 2.48. The van der Waals surface area contributed by atoms with Gasteiger partial charge in [0.2, 0.25) is 0 Å². The molecule has 0 aliphatic carbocycles. The zero-order valence-electron chi connectivity index (χ0n) is 23.8. The lowest BCUT2D eigenvalue weighted by molar-refractivity contribution is -0.132. The summed E-state index contributed by atoms with van der Waals surface area (Å²) in [5.74, 6) is -1.32. The third-order valence-electron chi connectivity index (χ3n) is 6.47. The van der Waals surface area contributed by atoms with Gasteiger partial charge in [-0.2, -0.15) is 0 Å². The van der Waals surface area contributed by atoms with Crippen LogP contribution in [0.25, 0.3) is 5.76 Å². The number of Topliss-reactive ketones (excluding diaryl/α,β-unsaturated/α-hetero) is 1. The number of hydrogen-bond donors (Lipinski definition) is 1. The minimum atomic E-state index is -1.02. The van der Waals surface area contributed by atoms with Crippen LogP contribution in [0.4, 0.5) is 5.13 Å². The van der Waals surface area contributed by atoms with Crippen molar-refractivity contribution >= 4 is 39.9 Å². The predicted molar refractivity (Wildman–Crippen MR) is 157 cm³/mol. The molecule has 2 aromatic carbocycles. The van der Waals surface area contributed by atoms with Crippen LogP contribution in [0.2, 0.25) is 0 Å². The van der Waals surface area contributed by atoms with Gasteiger partial charge in [-0.3, -0.25) is 14.5 Å². The fraction of sp³-hybridized carbons (Fsp3) is 0.355. The molecular weight excluding hydrogens is 544 g/mol. The number of aliphatic hydroxyl groups is 1. The van der Waals surface area contributed by atoms with Gasteiger partial charge in [0.1, 0.15) is 22.1 Å². The number of unbranched alkanes of at least 4 members (excludes halogenated alkanes) is 1. The highest BCUT2D eigenvalue weighted by molar-refractivity contribution is 7.17. The van der Waals surface area contributed by atoms with Gasteiger partial charge in [0.15, 0.2) is 5.13 Å². The molecular formula is C31H34N2O7S. The van der Waals surface area contributed by atoms with Gasteiger partial charge in [-0.05, 0) is 61.2 Å². The molecule has 0 spiro atoms. The van der Waals surface area contributed by atoms with E-state index in [1.807, 2.05) is 13.8 Å². The van der Waals surface area contributed by atoms with Crippen LogP contribution in [-0.4, -0.2) is 48.1 Å². The molecule has 41 heavy (non-hydrogen) atoms. The first-order valence-corrected chi connectivity index (χ1v) is 14.3. The number of ketones is 1. The normalized spacial score (nSPS) is 16.3. The number of aromatic nitrogens is 1. The summed E-state index contributed by atoms with van der Waals surface area (Å²) in [7, 11) is 1.51. The van der Waals surface area contributed by atoms with E-state index in [0.29, 0.717) is 34.9 Å². The Morgan fingerprint density at radius 3 is 2.51 bits per heavy atom. The van der Waals surface area contributed by atoms with Gasteiger partial charge in [-0.1, -0.05) is 50.7 Å². The van der Waals surface area contributed by atoms with Gasteiger partial charge in [0.25, 0.3) is 5.78 Å². The van der Waals surface area contributed by atoms with Gasteiger partial charge in [0.05, 0.1) is 37.6 Å². The first-order valence-electron chi connectivity index (χ1n) is 13.5. The molecule has 2 heterocycles. The van der Waals surface area contributed by atoms with E-state index in [1.54, 1.807) is 55.5 Å². The number of benzene rings is 2. The summed E-state index contributed by atoms with van der Waals surface area (Å²) in [5.41, 5.74) is 1.16. The van der Waals surface area contributed by atoms with Crippen molar-refractivity contribution in [3.05, 3.63) is 75.8 Å². The molecule has 216 valence electrons. The number of carbonyl (C=O) groups excluding carboxylic acids is 3. The zero-order chi connectivity index (χ0) is 29.7. The average Bonchev–Trinajstić information content (AvgIpc) is 3.48. The molecule has 1 fully saturated rings. The maximum absolute atomic E-state index is 13.5. The Kier molecular flexibility index (Phi) is 9.44. The number of nitrogens with zero attached hydrogens (tertiary/aromatic N) is 2. The van der Waals surface area contributed by atoms with Crippen molar-refractivity contribution in [1.82, 2.24) is 4.98 Å². The zero-order valence-corrected chi connectivity index (χ0v) is 24.6. The molecule has 1 amide bonds. The van der Waals surface area contributed by atoms with Crippen LogP contribution in [0.1, 0.15) is 66.1 Å². The molecule has 1 saturated heterocycles. The third kappa shape index (κ3) is 6.43. The fourth-order valence-corrected chi connectivity index (χ4v) is 5.33. The smallest absolute Gasteiger partial charge is 0.350 e. The van der Waals surface area contributed by atoms with E-state index >= 15 is 0 Å². The first-order chi connectivity index (χ1) is 19.7. The second kappa shape index (κ2) is 13.0. The number of rotatable bonds is 11. The van der Waals surface area contributed by atoms with Crippen LogP contribution in [0.15, 0.2) is 54.1 Å². The molecule has 10 heteroatoms. The standard InChI is InChI=1S/C31H34N2O7S/c1-6-7-15-39-22-13-11-20(12-14-22)26(34)24-25(21-9-8-10-23(16-21)38-5)33(29(36)27(24)35)31-32-19(4)28(41-31)30(37)40-17-18(2)3/h8-14,16,18,25,34H,6-7,15,17H2,1-5H3/b26-24-. The molecule has 1 atom stereocenters. The van der Waals surface area contributed by atoms with Crippen molar-refractivity contribution in [1.29, 1.82) is 0 Å². The number of thiazole rings is 1. The number of esters is 1. The van der Waals surface area contributed by atoms with Crippen molar-refractivity contribution in [3.8, 4) is 11.5 Å². The lowest BCUT2D eigenvalue weighted by Gasteiger charge is -2.23. The Morgan fingerprint density at radius 2 is 1.85 bits per heavy atom. The molecule has 0 saturated carbocycles. The minimum Gasteiger partial charge on any atom is -0.507 e. The summed E-state index contributed by atoms with van der Waals surface area (Å²) in [5, 5.41) is 11.6. The van der Waals surface area contributed by atoms with E-state index in [1.165, 1.54) is 12.0 Å². The summed E-state index contributed by atoms with van der Waals surface area (Å²) in [6, 6.07) is 12.6. The van der Waals surface area contributed by atoms with Crippen LogP contribution < -0.4 is 14.4 Å². The van der Waals surface area contributed by atoms with Gasteiger partial charge < -0.3 is 19.3 Å². The molecule has 1 aliphatic heterocycles. The highest BCUT2D eigenvalue weighted by Crippen LogP contribution is 2.44. The van der Waals surface area contributed by atoms with Crippen molar-refractivity contribution in [3.63, 3.8) is 0 Å². The quantitative estimate of drug-likeness (QED) is 0.0957.